The number of aliphatic hydroxyl groups excluding tert-OH is 1. The highest BCUT2D eigenvalue weighted by atomic mass is 16.5. The smallest absolute Gasteiger partial charge is 0.317 e. The Morgan fingerprint density at radius 1 is 1.42 bits per heavy atom. The topological polar surface area (TPSA) is 101 Å². The van der Waals surface area contributed by atoms with Crippen molar-refractivity contribution >= 4 is 6.03 Å². The lowest BCUT2D eigenvalue weighted by Crippen LogP contribution is -2.39. The molecule has 0 bridgehead atoms. The van der Waals surface area contributed by atoms with Crippen molar-refractivity contribution in [3.05, 3.63) is 47.6 Å². The summed E-state index contributed by atoms with van der Waals surface area (Å²) in [4.78, 5) is 17.6. The second-order valence-corrected chi connectivity index (χ2v) is 5.31. The van der Waals surface area contributed by atoms with Crippen LogP contribution in [0.25, 0.3) is 0 Å². The minimum absolute atomic E-state index is 0.154. The van der Waals surface area contributed by atoms with Gasteiger partial charge in [0.25, 0.3) is 0 Å². The third-order valence-electron chi connectivity index (χ3n) is 3.41. The van der Waals surface area contributed by atoms with E-state index in [4.69, 9.17) is 9.26 Å². The SMILES string of the molecule is COCCc1nc(CNC(=O)N(C)C[C@H](O)c2ccccc2)no1. The normalized spacial score (nSPS) is 12.0. The lowest BCUT2D eigenvalue weighted by Gasteiger charge is -2.21. The minimum Gasteiger partial charge on any atom is -0.387 e. The number of urea groups is 1. The summed E-state index contributed by atoms with van der Waals surface area (Å²) in [6.07, 6.45) is -0.214. The summed E-state index contributed by atoms with van der Waals surface area (Å²) in [6.45, 7) is 0.830. The van der Waals surface area contributed by atoms with E-state index in [1.807, 2.05) is 30.3 Å². The van der Waals surface area contributed by atoms with Crippen LogP contribution >= 0.6 is 0 Å². The molecule has 0 aliphatic rings. The number of carbonyl (C=O) groups is 1. The van der Waals surface area contributed by atoms with E-state index >= 15 is 0 Å². The molecule has 130 valence electrons. The maximum atomic E-state index is 12.1. The number of benzene rings is 1. The maximum absolute atomic E-state index is 12.1. The van der Waals surface area contributed by atoms with E-state index in [1.165, 1.54) is 4.90 Å². The Balaban J connectivity index is 1.78. The lowest BCUT2D eigenvalue weighted by molar-refractivity contribution is 0.131. The molecule has 24 heavy (non-hydrogen) atoms. The number of hydrogen-bond donors (Lipinski definition) is 2. The van der Waals surface area contributed by atoms with Crippen LogP contribution in [0, 0.1) is 0 Å². The van der Waals surface area contributed by atoms with E-state index in [0.717, 1.165) is 5.56 Å². The highest BCUT2D eigenvalue weighted by Crippen LogP contribution is 2.12. The highest BCUT2D eigenvalue weighted by Gasteiger charge is 2.15. The molecule has 0 radical (unpaired) electrons. The number of nitrogens with zero attached hydrogens (tertiary/aromatic N) is 3. The average molecular weight is 334 g/mol. The van der Waals surface area contributed by atoms with E-state index in [-0.39, 0.29) is 19.1 Å². The van der Waals surface area contributed by atoms with Gasteiger partial charge in [0.05, 0.1) is 32.2 Å². The highest BCUT2D eigenvalue weighted by molar-refractivity contribution is 5.73. The Kier molecular flexibility index (Phi) is 6.71. The number of likely N-dealkylation sites (N-methyl/N-ethyl adjacent to an activating group) is 1. The van der Waals surface area contributed by atoms with Crippen molar-refractivity contribution in [3.63, 3.8) is 0 Å². The van der Waals surface area contributed by atoms with Crippen molar-refractivity contribution in [2.75, 3.05) is 27.3 Å². The van der Waals surface area contributed by atoms with Gasteiger partial charge in [-0.25, -0.2) is 4.79 Å². The van der Waals surface area contributed by atoms with Gasteiger partial charge in [-0.3, -0.25) is 0 Å². The molecule has 1 heterocycles. The molecule has 0 unspecified atom stereocenters. The van der Waals surface area contributed by atoms with Crippen LogP contribution in [-0.2, 0) is 17.7 Å². The molecule has 2 amide bonds. The standard InChI is InChI=1S/C16H22N4O4/c1-20(11-13(21)12-6-4-3-5-7-12)16(22)17-10-14-18-15(24-19-14)8-9-23-2/h3-7,13,21H,8-11H2,1-2H3,(H,17,22)/t13-/m0/s1. The summed E-state index contributed by atoms with van der Waals surface area (Å²) in [5, 5.41) is 16.6. The predicted octanol–water partition coefficient (Wildman–Crippen LogP) is 1.13. The minimum atomic E-state index is -0.743. The van der Waals surface area contributed by atoms with Gasteiger partial charge in [-0.05, 0) is 5.56 Å². The average Bonchev–Trinajstić information content (AvgIpc) is 3.06. The summed E-state index contributed by atoms with van der Waals surface area (Å²) < 4.78 is 9.97. The molecule has 2 rings (SSSR count). The predicted molar refractivity (Wildman–Crippen MR) is 86.1 cm³/mol. The number of ether oxygens (including phenoxy) is 1. The lowest BCUT2D eigenvalue weighted by atomic mass is 10.1. The molecule has 0 spiro atoms. The Morgan fingerprint density at radius 2 is 2.17 bits per heavy atom. The zero-order valence-corrected chi connectivity index (χ0v) is 13.8. The number of methoxy groups -OCH3 is 1. The van der Waals surface area contributed by atoms with Crippen LogP contribution in [0.15, 0.2) is 34.9 Å². The summed E-state index contributed by atoms with van der Waals surface area (Å²) in [5.41, 5.74) is 0.762. The van der Waals surface area contributed by atoms with E-state index in [9.17, 15) is 9.90 Å². The van der Waals surface area contributed by atoms with Crippen molar-refractivity contribution in [3.8, 4) is 0 Å². The number of hydrogen-bond acceptors (Lipinski definition) is 6. The van der Waals surface area contributed by atoms with Crippen LogP contribution in [0.2, 0.25) is 0 Å². The fourth-order valence-corrected chi connectivity index (χ4v) is 2.07. The molecule has 1 aromatic carbocycles. The number of nitrogens with one attached hydrogen (secondary N) is 1. The van der Waals surface area contributed by atoms with Crippen molar-refractivity contribution in [1.29, 1.82) is 0 Å². The van der Waals surface area contributed by atoms with Gasteiger partial charge in [0, 0.05) is 14.2 Å². The number of aromatic nitrogens is 2. The fourth-order valence-electron chi connectivity index (χ4n) is 2.07. The first-order valence-corrected chi connectivity index (χ1v) is 7.62. The quantitative estimate of drug-likeness (QED) is 0.751. The van der Waals surface area contributed by atoms with E-state index in [2.05, 4.69) is 15.5 Å². The van der Waals surface area contributed by atoms with Crippen molar-refractivity contribution in [2.45, 2.75) is 19.1 Å². The maximum Gasteiger partial charge on any atom is 0.317 e. The zero-order valence-electron chi connectivity index (χ0n) is 13.8. The molecule has 1 atom stereocenters. The monoisotopic (exact) mass is 334 g/mol. The zero-order chi connectivity index (χ0) is 17.4. The molecule has 0 fully saturated rings. The van der Waals surface area contributed by atoms with Gasteiger partial charge >= 0.3 is 6.03 Å². The van der Waals surface area contributed by atoms with Gasteiger partial charge in [0.1, 0.15) is 0 Å². The molecular weight excluding hydrogens is 312 g/mol. The molecular formula is C16H22N4O4. The molecule has 8 nitrogen and oxygen atoms in total. The molecule has 2 N–H and O–H groups in total. The number of carbonyl (C=O) groups excluding carboxylic acids is 1. The Morgan fingerprint density at radius 3 is 2.88 bits per heavy atom. The first-order valence-electron chi connectivity index (χ1n) is 7.62. The van der Waals surface area contributed by atoms with Crippen LogP contribution in [0.5, 0.6) is 0 Å². The number of amides is 2. The van der Waals surface area contributed by atoms with E-state index in [1.54, 1.807) is 14.2 Å². The second kappa shape index (κ2) is 8.99. The molecule has 0 saturated heterocycles. The number of rotatable bonds is 8. The summed E-state index contributed by atoms with van der Waals surface area (Å²) in [6, 6.07) is 8.87. The van der Waals surface area contributed by atoms with Crippen LogP contribution in [0.1, 0.15) is 23.4 Å². The summed E-state index contributed by atoms with van der Waals surface area (Å²) in [5.74, 6) is 0.861. The molecule has 0 saturated carbocycles. The van der Waals surface area contributed by atoms with Gasteiger partial charge in [-0.2, -0.15) is 4.98 Å². The van der Waals surface area contributed by atoms with Gasteiger partial charge in [-0.1, -0.05) is 35.5 Å². The molecule has 8 heteroatoms. The third kappa shape index (κ3) is 5.32. The van der Waals surface area contributed by atoms with Gasteiger partial charge in [-0.15, -0.1) is 0 Å². The Hall–Kier alpha value is -2.45. The van der Waals surface area contributed by atoms with Crippen LogP contribution in [-0.4, -0.2) is 53.5 Å². The van der Waals surface area contributed by atoms with Crippen LogP contribution in [0.4, 0.5) is 4.79 Å². The third-order valence-corrected chi connectivity index (χ3v) is 3.41. The number of aliphatic hydroxyl groups is 1. The Labute approximate surface area is 140 Å². The van der Waals surface area contributed by atoms with Crippen molar-refractivity contribution in [1.82, 2.24) is 20.4 Å². The van der Waals surface area contributed by atoms with Crippen LogP contribution in [0.3, 0.4) is 0 Å². The molecule has 2 aromatic rings. The summed E-state index contributed by atoms with van der Waals surface area (Å²) >= 11 is 0. The Bertz CT molecular complexity index is 632. The summed E-state index contributed by atoms with van der Waals surface area (Å²) in [7, 11) is 3.21. The largest absolute Gasteiger partial charge is 0.387 e. The van der Waals surface area contributed by atoms with Gasteiger partial charge in [0.15, 0.2) is 5.82 Å². The van der Waals surface area contributed by atoms with E-state index in [0.29, 0.717) is 24.7 Å². The molecule has 0 aliphatic heterocycles. The first-order chi connectivity index (χ1) is 11.6. The van der Waals surface area contributed by atoms with Gasteiger partial charge in [0.2, 0.25) is 5.89 Å². The van der Waals surface area contributed by atoms with E-state index < -0.39 is 6.10 Å². The molecule has 0 aliphatic carbocycles. The molecule has 1 aromatic heterocycles. The fraction of sp³-hybridized carbons (Fsp3) is 0.438. The second-order valence-electron chi connectivity index (χ2n) is 5.31. The first kappa shape index (κ1) is 17.9. The van der Waals surface area contributed by atoms with Crippen molar-refractivity contribution in [2.24, 2.45) is 0 Å². The van der Waals surface area contributed by atoms with Crippen LogP contribution < -0.4 is 5.32 Å². The van der Waals surface area contributed by atoms with Gasteiger partial charge < -0.3 is 24.6 Å². The van der Waals surface area contributed by atoms with Crippen molar-refractivity contribution < 1.29 is 19.2 Å².